The molecule has 1 aliphatic rings. The van der Waals surface area contributed by atoms with Gasteiger partial charge in [0.1, 0.15) is 0 Å². The summed E-state index contributed by atoms with van der Waals surface area (Å²) in [5, 5.41) is 9.96. The van der Waals surface area contributed by atoms with Gasteiger partial charge in [0.15, 0.2) is 0 Å². The molecule has 0 aromatic carbocycles. The summed E-state index contributed by atoms with van der Waals surface area (Å²) in [7, 11) is 3.81. The van der Waals surface area contributed by atoms with Crippen LogP contribution in [0.4, 0.5) is 0 Å². The molecule has 0 aromatic rings. The lowest BCUT2D eigenvalue weighted by Gasteiger charge is -2.29. The first kappa shape index (κ1) is 15.9. The van der Waals surface area contributed by atoms with E-state index in [1.807, 2.05) is 0 Å². The van der Waals surface area contributed by atoms with Crippen molar-refractivity contribution < 1.29 is 14.6 Å². The molecule has 0 radical (unpaired) electrons. The third-order valence-electron chi connectivity index (χ3n) is 3.37. The van der Waals surface area contributed by atoms with Crippen molar-refractivity contribution in [1.29, 1.82) is 0 Å². The summed E-state index contributed by atoms with van der Waals surface area (Å²) in [5.74, 6) is 0. The molecule has 1 aliphatic heterocycles. The van der Waals surface area contributed by atoms with Crippen molar-refractivity contribution >= 4 is 0 Å². The third-order valence-corrected chi connectivity index (χ3v) is 3.37. The van der Waals surface area contributed by atoms with Gasteiger partial charge in [-0.25, -0.2) is 0 Å². The Balaban J connectivity index is 2.22. The van der Waals surface area contributed by atoms with E-state index in [0.29, 0.717) is 32.4 Å². The number of hydrogen-bond donors (Lipinski definition) is 1. The number of rotatable bonds is 7. The fourth-order valence-electron chi connectivity index (χ4n) is 2.38. The second kappa shape index (κ2) is 8.82. The molecule has 0 saturated carbocycles. The van der Waals surface area contributed by atoms with E-state index in [4.69, 9.17) is 9.47 Å². The van der Waals surface area contributed by atoms with Crippen LogP contribution in [0.25, 0.3) is 0 Å². The Morgan fingerprint density at radius 2 is 2.11 bits per heavy atom. The van der Waals surface area contributed by atoms with Gasteiger partial charge in [-0.3, -0.25) is 4.90 Å². The van der Waals surface area contributed by atoms with E-state index in [2.05, 4.69) is 23.8 Å². The van der Waals surface area contributed by atoms with E-state index >= 15 is 0 Å². The van der Waals surface area contributed by atoms with Crippen molar-refractivity contribution in [2.45, 2.75) is 25.5 Å². The first-order valence-electron chi connectivity index (χ1n) is 6.80. The van der Waals surface area contributed by atoms with E-state index in [1.165, 1.54) is 0 Å². The minimum atomic E-state index is -0.410. The number of nitrogens with zero attached hydrogens (tertiary/aromatic N) is 2. The smallest absolute Gasteiger partial charge is 0.0900 e. The molecule has 18 heavy (non-hydrogen) atoms. The zero-order valence-electron chi connectivity index (χ0n) is 12.0. The molecule has 0 spiro atoms. The number of aliphatic hydroxyl groups excluding tert-OH is 1. The van der Waals surface area contributed by atoms with Gasteiger partial charge in [-0.2, -0.15) is 0 Å². The summed E-state index contributed by atoms with van der Waals surface area (Å²) in [6, 6.07) is 0.492. The molecule has 0 bridgehead atoms. The molecule has 1 fully saturated rings. The van der Waals surface area contributed by atoms with E-state index in [-0.39, 0.29) is 0 Å². The molecule has 108 valence electrons. The van der Waals surface area contributed by atoms with Crippen LogP contribution in [0.5, 0.6) is 0 Å². The summed E-state index contributed by atoms with van der Waals surface area (Å²) in [5.41, 5.74) is 0. The minimum absolute atomic E-state index is 0.391. The molecule has 0 amide bonds. The van der Waals surface area contributed by atoms with Gasteiger partial charge in [0.25, 0.3) is 0 Å². The van der Waals surface area contributed by atoms with Crippen LogP contribution < -0.4 is 0 Å². The van der Waals surface area contributed by atoms with Crippen LogP contribution in [-0.4, -0.2) is 87.2 Å². The van der Waals surface area contributed by atoms with Gasteiger partial charge in [0.05, 0.1) is 25.9 Å². The number of ether oxygens (including phenoxy) is 2. The van der Waals surface area contributed by atoms with Crippen molar-refractivity contribution in [1.82, 2.24) is 9.80 Å². The Labute approximate surface area is 111 Å². The Kier molecular flexibility index (Phi) is 7.77. The highest BCUT2D eigenvalue weighted by Crippen LogP contribution is 2.09. The number of likely N-dealkylation sites (N-methyl/N-ethyl adjacent to an activating group) is 1. The summed E-state index contributed by atoms with van der Waals surface area (Å²) in [6.07, 6.45) is 0.755. The van der Waals surface area contributed by atoms with Crippen molar-refractivity contribution in [2.75, 3.05) is 60.2 Å². The maximum Gasteiger partial charge on any atom is 0.0900 e. The van der Waals surface area contributed by atoms with Gasteiger partial charge >= 0.3 is 0 Å². The Hall–Kier alpha value is -0.200. The predicted molar refractivity (Wildman–Crippen MR) is 71.9 cm³/mol. The highest BCUT2D eigenvalue weighted by atomic mass is 16.5. The van der Waals surface area contributed by atoms with Gasteiger partial charge in [0.2, 0.25) is 0 Å². The lowest BCUT2D eigenvalue weighted by molar-refractivity contribution is -0.00491. The molecular weight excluding hydrogens is 232 g/mol. The number of aliphatic hydroxyl groups is 1. The predicted octanol–water partition coefficient (Wildman–Crippen LogP) is 0.0363. The fraction of sp³-hybridized carbons (Fsp3) is 1.00. The number of β-amino-alcohol motifs (C(OH)–C–C–N with tert-alkyl or cyclic N) is 1. The normalized spacial score (nSPS) is 25.0. The van der Waals surface area contributed by atoms with Gasteiger partial charge in [0, 0.05) is 26.2 Å². The molecule has 5 heteroatoms. The largest absolute Gasteiger partial charge is 0.389 e. The first-order chi connectivity index (χ1) is 8.63. The van der Waals surface area contributed by atoms with Gasteiger partial charge in [-0.15, -0.1) is 0 Å². The molecule has 0 aromatic heterocycles. The third kappa shape index (κ3) is 6.11. The standard InChI is InChI=1S/C13H28N2O3/c1-12-9-14(2)5-4-6-15(12)10-13(16)11-18-8-7-17-3/h12-13,16H,4-11H2,1-3H3. The molecule has 1 N–H and O–H groups in total. The molecule has 0 aliphatic carbocycles. The van der Waals surface area contributed by atoms with E-state index in [0.717, 1.165) is 26.1 Å². The maximum atomic E-state index is 9.96. The Bertz CT molecular complexity index is 216. The van der Waals surface area contributed by atoms with Crippen LogP contribution in [0.3, 0.4) is 0 Å². The summed E-state index contributed by atoms with van der Waals surface area (Å²) in [6.45, 7) is 7.70. The minimum Gasteiger partial charge on any atom is -0.389 e. The van der Waals surface area contributed by atoms with Gasteiger partial charge < -0.3 is 19.5 Å². The second-order valence-corrected chi connectivity index (χ2v) is 5.18. The first-order valence-corrected chi connectivity index (χ1v) is 6.80. The summed E-state index contributed by atoms with van der Waals surface area (Å²) >= 11 is 0. The van der Waals surface area contributed by atoms with Crippen molar-refractivity contribution in [2.24, 2.45) is 0 Å². The van der Waals surface area contributed by atoms with Crippen molar-refractivity contribution in [3.63, 3.8) is 0 Å². The lowest BCUT2D eigenvalue weighted by Crippen LogP contribution is -2.43. The van der Waals surface area contributed by atoms with Crippen LogP contribution in [-0.2, 0) is 9.47 Å². The van der Waals surface area contributed by atoms with E-state index in [1.54, 1.807) is 7.11 Å². The van der Waals surface area contributed by atoms with Gasteiger partial charge in [-0.1, -0.05) is 0 Å². The molecule has 1 saturated heterocycles. The summed E-state index contributed by atoms with van der Waals surface area (Å²) in [4.78, 5) is 4.71. The molecule has 1 heterocycles. The highest BCUT2D eigenvalue weighted by Gasteiger charge is 2.21. The van der Waals surface area contributed by atoms with Crippen LogP contribution in [0, 0.1) is 0 Å². The zero-order valence-corrected chi connectivity index (χ0v) is 12.0. The fourth-order valence-corrected chi connectivity index (χ4v) is 2.38. The topological polar surface area (TPSA) is 45.2 Å². The van der Waals surface area contributed by atoms with E-state index < -0.39 is 6.10 Å². The molecular formula is C13H28N2O3. The SMILES string of the molecule is COCCOCC(O)CN1CCCN(C)CC1C. The van der Waals surface area contributed by atoms with Crippen molar-refractivity contribution in [3.05, 3.63) is 0 Å². The monoisotopic (exact) mass is 260 g/mol. The average Bonchev–Trinajstić information content (AvgIpc) is 2.47. The van der Waals surface area contributed by atoms with Crippen LogP contribution in [0.1, 0.15) is 13.3 Å². The number of hydrogen-bond acceptors (Lipinski definition) is 5. The average molecular weight is 260 g/mol. The quantitative estimate of drug-likeness (QED) is 0.655. The van der Waals surface area contributed by atoms with Crippen LogP contribution >= 0.6 is 0 Å². The summed E-state index contributed by atoms with van der Waals surface area (Å²) < 4.78 is 10.2. The molecule has 1 rings (SSSR count). The van der Waals surface area contributed by atoms with E-state index in [9.17, 15) is 5.11 Å². The van der Waals surface area contributed by atoms with Crippen LogP contribution in [0.15, 0.2) is 0 Å². The second-order valence-electron chi connectivity index (χ2n) is 5.18. The Morgan fingerprint density at radius 1 is 1.33 bits per heavy atom. The zero-order chi connectivity index (χ0) is 13.4. The molecule has 2 unspecified atom stereocenters. The van der Waals surface area contributed by atoms with Crippen LogP contribution in [0.2, 0.25) is 0 Å². The number of methoxy groups -OCH3 is 1. The maximum absolute atomic E-state index is 9.96. The highest BCUT2D eigenvalue weighted by molar-refractivity contribution is 4.77. The lowest BCUT2D eigenvalue weighted by atomic mass is 10.2. The van der Waals surface area contributed by atoms with Crippen molar-refractivity contribution in [3.8, 4) is 0 Å². The van der Waals surface area contributed by atoms with Gasteiger partial charge in [-0.05, 0) is 33.5 Å². The molecule has 2 atom stereocenters. The Morgan fingerprint density at radius 3 is 2.83 bits per heavy atom. The molecule has 5 nitrogen and oxygen atoms in total.